The van der Waals surface area contributed by atoms with E-state index in [9.17, 15) is 5.11 Å². The van der Waals surface area contributed by atoms with Gasteiger partial charge in [-0.25, -0.2) is 0 Å². The lowest BCUT2D eigenvalue weighted by Crippen LogP contribution is -2.17. The number of hydrogen-bond donors (Lipinski definition) is 1. The molecule has 0 atom stereocenters. The number of anilines is 1. The molecule has 0 spiro atoms. The molecule has 2 aromatic rings. The zero-order valence-corrected chi connectivity index (χ0v) is 11.9. The molecule has 0 amide bonds. The average Bonchev–Trinajstić information content (AvgIpc) is 2.41. The van der Waals surface area contributed by atoms with Gasteiger partial charge in [0, 0.05) is 19.3 Å². The molecular weight excluding hydrogens is 234 g/mol. The number of nitrogens with zero attached hydrogens (tertiary/aromatic N) is 1. The van der Waals surface area contributed by atoms with Crippen LogP contribution in [0, 0.1) is 13.8 Å². The maximum atomic E-state index is 9.21. The van der Waals surface area contributed by atoms with Gasteiger partial charge in [-0.05, 0) is 48.2 Å². The molecule has 1 N–H and O–H groups in total. The molecule has 0 bridgehead atoms. The van der Waals surface area contributed by atoms with Crippen LogP contribution in [0.1, 0.15) is 22.3 Å². The molecule has 0 saturated carbocycles. The van der Waals surface area contributed by atoms with Crippen LogP contribution in [-0.2, 0) is 13.2 Å². The van der Waals surface area contributed by atoms with Crippen LogP contribution < -0.4 is 4.90 Å². The summed E-state index contributed by atoms with van der Waals surface area (Å²) in [5, 5.41) is 9.21. The summed E-state index contributed by atoms with van der Waals surface area (Å²) >= 11 is 0. The highest BCUT2D eigenvalue weighted by Gasteiger charge is 2.06. The van der Waals surface area contributed by atoms with Crippen LogP contribution in [-0.4, -0.2) is 12.2 Å². The van der Waals surface area contributed by atoms with E-state index in [4.69, 9.17) is 0 Å². The predicted molar refractivity (Wildman–Crippen MR) is 80.4 cm³/mol. The van der Waals surface area contributed by atoms with Gasteiger partial charge in [0.15, 0.2) is 0 Å². The van der Waals surface area contributed by atoms with E-state index in [1.165, 1.54) is 16.8 Å². The van der Waals surface area contributed by atoms with Crippen molar-refractivity contribution in [2.24, 2.45) is 0 Å². The number of rotatable bonds is 4. The summed E-state index contributed by atoms with van der Waals surface area (Å²) in [5.41, 5.74) is 5.97. The Morgan fingerprint density at radius 1 is 0.947 bits per heavy atom. The van der Waals surface area contributed by atoms with Crippen LogP contribution in [0.5, 0.6) is 0 Å². The molecular formula is C17H21NO. The number of benzene rings is 2. The fourth-order valence-corrected chi connectivity index (χ4v) is 2.23. The minimum atomic E-state index is 0.105. The third-order valence-electron chi connectivity index (χ3n) is 3.61. The Bertz CT molecular complexity index is 563. The van der Waals surface area contributed by atoms with Crippen molar-refractivity contribution in [3.05, 3.63) is 64.7 Å². The van der Waals surface area contributed by atoms with Crippen molar-refractivity contribution >= 4 is 5.69 Å². The van der Waals surface area contributed by atoms with Gasteiger partial charge in [0.2, 0.25) is 0 Å². The van der Waals surface area contributed by atoms with Crippen LogP contribution in [0.25, 0.3) is 0 Å². The zero-order valence-electron chi connectivity index (χ0n) is 11.9. The first-order valence-electron chi connectivity index (χ1n) is 6.58. The van der Waals surface area contributed by atoms with Gasteiger partial charge in [0.05, 0.1) is 6.61 Å². The van der Waals surface area contributed by atoms with E-state index in [0.29, 0.717) is 0 Å². The monoisotopic (exact) mass is 255 g/mol. The maximum absolute atomic E-state index is 9.21. The number of hydrogen-bond acceptors (Lipinski definition) is 2. The lowest BCUT2D eigenvalue weighted by atomic mass is 10.1. The lowest BCUT2D eigenvalue weighted by Gasteiger charge is -2.21. The Labute approximate surface area is 115 Å². The Morgan fingerprint density at radius 3 is 2.32 bits per heavy atom. The summed E-state index contributed by atoms with van der Waals surface area (Å²) in [4.78, 5) is 2.23. The second kappa shape index (κ2) is 5.89. The van der Waals surface area contributed by atoms with Crippen molar-refractivity contribution in [2.45, 2.75) is 27.0 Å². The molecule has 0 aliphatic heterocycles. The normalized spacial score (nSPS) is 10.5. The molecule has 2 aromatic carbocycles. The highest BCUT2D eigenvalue weighted by atomic mass is 16.3. The van der Waals surface area contributed by atoms with E-state index in [1.807, 2.05) is 13.0 Å². The molecule has 2 rings (SSSR count). The quantitative estimate of drug-likeness (QED) is 0.904. The molecule has 19 heavy (non-hydrogen) atoms. The van der Waals surface area contributed by atoms with Gasteiger partial charge in [-0.2, -0.15) is 0 Å². The first-order valence-corrected chi connectivity index (χ1v) is 6.58. The summed E-state index contributed by atoms with van der Waals surface area (Å²) in [6.45, 7) is 5.18. The van der Waals surface area contributed by atoms with Crippen molar-refractivity contribution in [3.8, 4) is 0 Å². The molecule has 0 fully saturated rings. The molecule has 2 nitrogen and oxygen atoms in total. The molecule has 0 heterocycles. The van der Waals surface area contributed by atoms with Gasteiger partial charge in [-0.3, -0.25) is 0 Å². The average molecular weight is 255 g/mol. The van der Waals surface area contributed by atoms with Gasteiger partial charge < -0.3 is 10.0 Å². The molecule has 0 aromatic heterocycles. The molecule has 100 valence electrons. The Morgan fingerprint density at radius 2 is 1.68 bits per heavy atom. The fourth-order valence-electron chi connectivity index (χ4n) is 2.23. The van der Waals surface area contributed by atoms with Crippen LogP contribution in [0.4, 0.5) is 5.69 Å². The van der Waals surface area contributed by atoms with Gasteiger partial charge in [0.1, 0.15) is 0 Å². The van der Waals surface area contributed by atoms with Gasteiger partial charge in [0.25, 0.3) is 0 Å². The summed E-state index contributed by atoms with van der Waals surface area (Å²) in [5.74, 6) is 0. The largest absolute Gasteiger partial charge is 0.392 e. The topological polar surface area (TPSA) is 23.5 Å². The molecule has 2 heteroatoms. The van der Waals surface area contributed by atoms with Crippen molar-refractivity contribution in [1.82, 2.24) is 0 Å². The summed E-state index contributed by atoms with van der Waals surface area (Å²) in [6.07, 6.45) is 0. The second-order valence-electron chi connectivity index (χ2n) is 5.05. The fraction of sp³-hybridized carbons (Fsp3) is 0.294. The third-order valence-corrected chi connectivity index (χ3v) is 3.61. The van der Waals surface area contributed by atoms with Crippen molar-refractivity contribution in [2.75, 3.05) is 11.9 Å². The zero-order chi connectivity index (χ0) is 13.8. The van der Waals surface area contributed by atoms with E-state index in [2.05, 4.69) is 55.3 Å². The standard InChI is InChI=1S/C17H21NO/c1-13-6-4-5-7-15(13)11-18(3)17-9-8-16(12-19)14(2)10-17/h4-10,19H,11-12H2,1-3H3. The molecule has 0 unspecified atom stereocenters. The highest BCUT2D eigenvalue weighted by Crippen LogP contribution is 2.21. The van der Waals surface area contributed by atoms with E-state index in [1.54, 1.807) is 0 Å². The first-order chi connectivity index (χ1) is 9.11. The predicted octanol–water partition coefficient (Wildman–Crippen LogP) is 3.43. The van der Waals surface area contributed by atoms with E-state index < -0.39 is 0 Å². The molecule has 0 aliphatic carbocycles. The Balaban J connectivity index is 2.18. The maximum Gasteiger partial charge on any atom is 0.0684 e. The Hall–Kier alpha value is -1.80. The van der Waals surface area contributed by atoms with E-state index >= 15 is 0 Å². The minimum Gasteiger partial charge on any atom is -0.392 e. The van der Waals surface area contributed by atoms with Gasteiger partial charge >= 0.3 is 0 Å². The Kier molecular flexibility index (Phi) is 4.23. The highest BCUT2D eigenvalue weighted by molar-refractivity contribution is 5.51. The SMILES string of the molecule is Cc1cc(N(C)Cc2ccccc2C)ccc1CO. The summed E-state index contributed by atoms with van der Waals surface area (Å²) in [7, 11) is 2.10. The van der Waals surface area contributed by atoms with E-state index in [0.717, 1.165) is 17.7 Å². The third kappa shape index (κ3) is 3.15. The molecule has 0 aliphatic rings. The number of aliphatic hydroxyl groups excluding tert-OH is 1. The summed E-state index contributed by atoms with van der Waals surface area (Å²) in [6, 6.07) is 14.7. The van der Waals surface area contributed by atoms with Crippen LogP contribution in [0.2, 0.25) is 0 Å². The van der Waals surface area contributed by atoms with Crippen LogP contribution >= 0.6 is 0 Å². The number of aliphatic hydroxyl groups is 1. The van der Waals surface area contributed by atoms with Crippen molar-refractivity contribution in [3.63, 3.8) is 0 Å². The molecule has 0 radical (unpaired) electrons. The van der Waals surface area contributed by atoms with Crippen molar-refractivity contribution in [1.29, 1.82) is 0 Å². The van der Waals surface area contributed by atoms with Crippen molar-refractivity contribution < 1.29 is 5.11 Å². The first kappa shape index (κ1) is 13.6. The van der Waals surface area contributed by atoms with E-state index in [-0.39, 0.29) is 6.61 Å². The minimum absolute atomic E-state index is 0.105. The molecule has 0 saturated heterocycles. The lowest BCUT2D eigenvalue weighted by molar-refractivity contribution is 0.281. The van der Waals surface area contributed by atoms with Crippen LogP contribution in [0.15, 0.2) is 42.5 Å². The van der Waals surface area contributed by atoms with Gasteiger partial charge in [-0.15, -0.1) is 0 Å². The summed E-state index contributed by atoms with van der Waals surface area (Å²) < 4.78 is 0. The van der Waals surface area contributed by atoms with Crippen LogP contribution in [0.3, 0.4) is 0 Å². The number of aryl methyl sites for hydroxylation is 2. The smallest absolute Gasteiger partial charge is 0.0684 e. The van der Waals surface area contributed by atoms with Gasteiger partial charge in [-0.1, -0.05) is 30.3 Å². The second-order valence-corrected chi connectivity index (χ2v) is 5.05.